The normalized spacial score (nSPS) is 16.2. The number of nitrogens with two attached hydrogens (primary N) is 1. The number of rotatable bonds is 6. The number of benzene rings is 2. The molecule has 5 nitrogen and oxygen atoms in total. The van der Waals surface area contributed by atoms with Crippen LogP contribution in [0.15, 0.2) is 24.6 Å². The summed E-state index contributed by atoms with van der Waals surface area (Å²) in [4.78, 5) is 1.80. The fourth-order valence-corrected chi connectivity index (χ4v) is 5.27. The molecule has 0 radical (unpaired) electrons. The molecule has 0 aromatic heterocycles. The van der Waals surface area contributed by atoms with Gasteiger partial charge in [0.25, 0.3) is 0 Å². The lowest BCUT2D eigenvalue weighted by molar-refractivity contribution is 0.118. The maximum absolute atomic E-state index is 14.2. The van der Waals surface area contributed by atoms with E-state index in [1.54, 1.807) is 17.9 Å². The summed E-state index contributed by atoms with van der Waals surface area (Å²) in [5.74, 6) is -8.09. The minimum atomic E-state index is -4.22. The SMILES string of the molecule is C=C1OC(C)c2cc(CS(=O)(=O)Cc3c(F)c(F)c(C)c(F)c3F)cc(N)c2N1CCC. The van der Waals surface area contributed by atoms with Crippen molar-refractivity contribution in [3.8, 4) is 0 Å². The smallest absolute Gasteiger partial charge is 0.187 e. The molecule has 2 aromatic carbocycles. The van der Waals surface area contributed by atoms with Crippen LogP contribution < -0.4 is 10.6 Å². The van der Waals surface area contributed by atoms with E-state index in [9.17, 15) is 26.0 Å². The van der Waals surface area contributed by atoms with Crippen molar-refractivity contribution in [1.29, 1.82) is 0 Å². The van der Waals surface area contributed by atoms with Crippen molar-refractivity contribution in [1.82, 2.24) is 0 Å². The van der Waals surface area contributed by atoms with E-state index in [0.717, 1.165) is 13.3 Å². The van der Waals surface area contributed by atoms with Crippen molar-refractivity contribution in [2.45, 2.75) is 44.8 Å². The summed E-state index contributed by atoms with van der Waals surface area (Å²) in [5, 5.41) is 0. The first kappa shape index (κ1) is 23.9. The van der Waals surface area contributed by atoms with Crippen LogP contribution in [0, 0.1) is 30.2 Å². The molecule has 32 heavy (non-hydrogen) atoms. The molecule has 1 heterocycles. The summed E-state index contributed by atoms with van der Waals surface area (Å²) in [6, 6.07) is 3.04. The average molecular weight is 473 g/mol. The Kier molecular flexibility index (Phi) is 6.46. The quantitative estimate of drug-likeness (QED) is 0.363. The summed E-state index contributed by atoms with van der Waals surface area (Å²) in [5.41, 5.74) is 6.05. The lowest BCUT2D eigenvalue weighted by Crippen LogP contribution is -2.31. The van der Waals surface area contributed by atoms with Gasteiger partial charge in [-0.2, -0.15) is 0 Å². The second-order valence-electron chi connectivity index (χ2n) is 7.82. The Morgan fingerprint density at radius 2 is 1.69 bits per heavy atom. The zero-order valence-corrected chi connectivity index (χ0v) is 18.8. The standard InChI is InChI=1S/C22H24F4N2O3S/c1-5-6-28-13(4)31-12(3)15-7-14(8-17(27)22(15)28)9-32(29,30)10-16-20(25)18(23)11(2)19(24)21(16)26/h7-8,12H,4-6,9-10,27H2,1-3H3. The van der Waals surface area contributed by atoms with E-state index in [0.29, 0.717) is 29.4 Å². The minimum Gasteiger partial charge on any atom is -0.471 e. The Morgan fingerprint density at radius 3 is 2.25 bits per heavy atom. The topological polar surface area (TPSA) is 72.6 Å². The number of sulfone groups is 1. The third-order valence-electron chi connectivity index (χ3n) is 5.32. The lowest BCUT2D eigenvalue weighted by atomic mass is 10.0. The first-order chi connectivity index (χ1) is 14.9. The van der Waals surface area contributed by atoms with Gasteiger partial charge in [0.2, 0.25) is 0 Å². The molecule has 1 unspecified atom stereocenters. The highest BCUT2D eigenvalue weighted by Crippen LogP contribution is 2.42. The van der Waals surface area contributed by atoms with E-state index in [2.05, 4.69) is 6.58 Å². The van der Waals surface area contributed by atoms with Gasteiger partial charge in [-0.25, -0.2) is 26.0 Å². The molecule has 0 bridgehead atoms. The number of hydrogen-bond donors (Lipinski definition) is 1. The summed E-state index contributed by atoms with van der Waals surface area (Å²) < 4.78 is 87.1. The van der Waals surface area contributed by atoms with Crippen molar-refractivity contribution in [2.24, 2.45) is 0 Å². The van der Waals surface area contributed by atoms with Crippen LogP contribution in [0.25, 0.3) is 0 Å². The van der Waals surface area contributed by atoms with Gasteiger partial charge < -0.3 is 15.4 Å². The Morgan fingerprint density at radius 1 is 1.09 bits per heavy atom. The van der Waals surface area contributed by atoms with Crippen molar-refractivity contribution >= 4 is 21.2 Å². The van der Waals surface area contributed by atoms with Crippen LogP contribution in [0.5, 0.6) is 0 Å². The summed E-state index contributed by atoms with van der Waals surface area (Å²) in [6.07, 6.45) is 0.331. The van der Waals surface area contributed by atoms with E-state index in [4.69, 9.17) is 10.5 Å². The van der Waals surface area contributed by atoms with Gasteiger partial charge in [-0.3, -0.25) is 0 Å². The number of fused-ring (bicyclic) bond motifs is 1. The van der Waals surface area contributed by atoms with E-state index in [1.807, 2.05) is 6.92 Å². The van der Waals surface area contributed by atoms with Crippen LogP contribution in [0.4, 0.5) is 28.9 Å². The summed E-state index contributed by atoms with van der Waals surface area (Å²) >= 11 is 0. The number of nitrogens with zero attached hydrogens (tertiary/aromatic N) is 1. The third kappa shape index (κ3) is 4.28. The molecule has 2 aromatic rings. The second-order valence-corrected chi connectivity index (χ2v) is 9.88. The molecule has 0 aliphatic carbocycles. The first-order valence-electron chi connectivity index (χ1n) is 9.95. The molecule has 1 aliphatic rings. The third-order valence-corrected chi connectivity index (χ3v) is 6.82. The molecule has 2 N–H and O–H groups in total. The number of hydrogen-bond acceptors (Lipinski definition) is 5. The molecule has 0 saturated heterocycles. The molecule has 0 saturated carbocycles. The van der Waals surface area contributed by atoms with Gasteiger partial charge >= 0.3 is 0 Å². The van der Waals surface area contributed by atoms with Crippen molar-refractivity contribution in [3.63, 3.8) is 0 Å². The first-order valence-corrected chi connectivity index (χ1v) is 11.8. The summed E-state index contributed by atoms with van der Waals surface area (Å²) in [7, 11) is -4.22. The fourth-order valence-electron chi connectivity index (χ4n) is 3.80. The number of anilines is 2. The molecule has 0 amide bonds. The van der Waals surface area contributed by atoms with Gasteiger partial charge in [0, 0.05) is 23.2 Å². The van der Waals surface area contributed by atoms with Crippen LogP contribution in [-0.2, 0) is 26.1 Å². The van der Waals surface area contributed by atoms with Crippen LogP contribution in [0.3, 0.4) is 0 Å². The second kappa shape index (κ2) is 8.65. The van der Waals surface area contributed by atoms with E-state index >= 15 is 0 Å². The Hall–Kier alpha value is -2.75. The maximum atomic E-state index is 14.2. The number of ether oxygens (including phenoxy) is 1. The molecule has 0 spiro atoms. The molecule has 1 atom stereocenters. The fraction of sp³-hybridized carbons (Fsp3) is 0.364. The van der Waals surface area contributed by atoms with Crippen molar-refractivity contribution in [2.75, 3.05) is 17.2 Å². The minimum absolute atomic E-state index is 0.259. The predicted molar refractivity (Wildman–Crippen MR) is 114 cm³/mol. The largest absolute Gasteiger partial charge is 0.471 e. The Labute approximate surface area is 184 Å². The molecule has 174 valence electrons. The molecule has 0 fully saturated rings. The highest BCUT2D eigenvalue weighted by molar-refractivity contribution is 7.89. The van der Waals surface area contributed by atoms with E-state index in [-0.39, 0.29) is 5.56 Å². The zero-order chi connectivity index (χ0) is 24.0. The summed E-state index contributed by atoms with van der Waals surface area (Å²) in [6.45, 7) is 9.07. The molecule has 3 rings (SSSR count). The number of nitrogen functional groups attached to an aromatic ring is 1. The van der Waals surface area contributed by atoms with Gasteiger partial charge in [0.15, 0.2) is 39.0 Å². The van der Waals surface area contributed by atoms with Crippen molar-refractivity contribution < 1.29 is 30.7 Å². The number of halogens is 4. The van der Waals surface area contributed by atoms with Crippen molar-refractivity contribution in [3.05, 3.63) is 70.1 Å². The molecular weight excluding hydrogens is 448 g/mol. The highest BCUT2D eigenvalue weighted by Gasteiger charge is 2.30. The van der Waals surface area contributed by atoms with Crippen LogP contribution in [-0.4, -0.2) is 15.0 Å². The molecular formula is C22H24F4N2O3S. The van der Waals surface area contributed by atoms with Gasteiger partial charge in [-0.05, 0) is 44.5 Å². The predicted octanol–water partition coefficient (Wildman–Crippen LogP) is 5.03. The lowest BCUT2D eigenvalue weighted by Gasteiger charge is -2.37. The van der Waals surface area contributed by atoms with Crippen LogP contribution in [0.1, 0.15) is 48.6 Å². The van der Waals surface area contributed by atoms with Crippen LogP contribution >= 0.6 is 0 Å². The average Bonchev–Trinajstić information content (AvgIpc) is 2.71. The monoisotopic (exact) mass is 472 g/mol. The van der Waals surface area contributed by atoms with Gasteiger partial charge in [-0.15, -0.1) is 0 Å². The van der Waals surface area contributed by atoms with E-state index in [1.165, 1.54) is 6.07 Å². The van der Waals surface area contributed by atoms with Gasteiger partial charge in [0.05, 0.1) is 22.9 Å². The van der Waals surface area contributed by atoms with Gasteiger partial charge in [-0.1, -0.05) is 6.92 Å². The zero-order valence-electron chi connectivity index (χ0n) is 17.9. The maximum Gasteiger partial charge on any atom is 0.187 e. The molecule has 10 heteroatoms. The Bertz CT molecular complexity index is 1170. The Balaban J connectivity index is 1.97. The van der Waals surface area contributed by atoms with E-state index < -0.39 is 61.8 Å². The molecule has 1 aliphatic heterocycles. The van der Waals surface area contributed by atoms with Crippen LogP contribution in [0.2, 0.25) is 0 Å². The van der Waals surface area contributed by atoms with Gasteiger partial charge in [0.1, 0.15) is 6.10 Å². The highest BCUT2D eigenvalue weighted by atomic mass is 32.2.